The highest BCUT2D eigenvalue weighted by molar-refractivity contribution is 14.1. The molecule has 1 fully saturated rings. The van der Waals surface area contributed by atoms with Gasteiger partial charge in [0.05, 0.1) is 0 Å². The Morgan fingerprint density at radius 2 is 2.12 bits per heavy atom. The van der Waals surface area contributed by atoms with E-state index < -0.39 is 29.2 Å². The number of hydrogen-bond donors (Lipinski definition) is 4. The number of anilines is 1. The van der Waals surface area contributed by atoms with E-state index in [1.165, 1.54) is 33.8 Å². The zero-order valence-corrected chi connectivity index (χ0v) is 20.5. The second-order valence-electron chi connectivity index (χ2n) is 6.49. The molecule has 2 aromatic rings. The third kappa shape index (κ3) is 4.18. The number of carbonyl (C=O) groups is 3. The highest BCUT2D eigenvalue weighted by Gasteiger charge is 2.54. The molecule has 166 valence electrons. The molecule has 32 heavy (non-hydrogen) atoms. The van der Waals surface area contributed by atoms with Crippen LogP contribution in [-0.4, -0.2) is 60.9 Å². The van der Waals surface area contributed by atoms with Crippen LogP contribution in [-0.2, 0) is 14.4 Å². The first-order valence-electron chi connectivity index (χ1n) is 8.89. The summed E-state index contributed by atoms with van der Waals surface area (Å²) >= 11 is 5.90. The summed E-state index contributed by atoms with van der Waals surface area (Å²) in [4.78, 5) is 43.9. The molecule has 14 heteroatoms. The summed E-state index contributed by atoms with van der Waals surface area (Å²) in [6, 6.07) is 6.59. The van der Waals surface area contributed by atoms with Crippen LogP contribution in [0.4, 0.5) is 5.13 Å². The van der Waals surface area contributed by atoms with E-state index >= 15 is 0 Å². The number of nitrogens with zero attached hydrogens (tertiary/aromatic N) is 3. The third-order valence-corrected chi connectivity index (χ3v) is 9.18. The Morgan fingerprint density at radius 1 is 1.38 bits per heavy atom. The van der Waals surface area contributed by atoms with Crippen LogP contribution in [0.2, 0.25) is 0 Å². The predicted molar refractivity (Wildman–Crippen MR) is 130 cm³/mol. The fraction of sp³-hybridized carbons (Fsp3) is 0.167. The Morgan fingerprint density at radius 3 is 2.75 bits per heavy atom. The van der Waals surface area contributed by atoms with Crippen molar-refractivity contribution in [3.8, 4) is 0 Å². The van der Waals surface area contributed by atoms with Crippen molar-refractivity contribution in [1.29, 1.82) is 0 Å². The zero-order valence-electron chi connectivity index (χ0n) is 15.9. The number of aromatic nitrogens is 1. The number of carboxylic acid groups (broad SMARTS) is 1. The summed E-state index contributed by atoms with van der Waals surface area (Å²) in [7, 11) is 0. The molecule has 2 aliphatic heterocycles. The minimum atomic E-state index is -1.21. The van der Waals surface area contributed by atoms with Gasteiger partial charge in [0, 0.05) is 24.5 Å². The van der Waals surface area contributed by atoms with Crippen molar-refractivity contribution in [1.82, 2.24) is 15.2 Å². The molecule has 0 unspecified atom stereocenters. The summed E-state index contributed by atoms with van der Waals surface area (Å²) in [5, 5.41) is 25.6. The van der Waals surface area contributed by atoms with Crippen LogP contribution in [0.5, 0.6) is 0 Å². The standard InChI is InChI=1S/C18H14IN5O5S3/c19-7-3-1-2-4-9(7)32-10-6-30-16-12(15(26)24(16)13(10)17(27)28)22-14(25)11(23-29)8-5-31-18(20)21-8/h1-5,12,16,29H,6H2,(H2,20,21)(H,22,25)(H,27,28)/b23-11-/t12-,16+/m1/s1. The Bertz CT molecular complexity index is 1180. The maximum Gasteiger partial charge on any atom is 0.353 e. The Kier molecular flexibility index (Phi) is 6.64. The number of β-lactam (4-membered cyclic amide) rings is 1. The highest BCUT2D eigenvalue weighted by Crippen LogP contribution is 2.45. The number of carbonyl (C=O) groups excluding carboxylic acids is 2. The molecule has 2 amide bonds. The van der Waals surface area contributed by atoms with Gasteiger partial charge in [0.2, 0.25) is 0 Å². The van der Waals surface area contributed by atoms with Crippen molar-refractivity contribution < 1.29 is 24.7 Å². The maximum absolute atomic E-state index is 12.8. The number of hydrogen-bond acceptors (Lipinski definition) is 10. The lowest BCUT2D eigenvalue weighted by molar-refractivity contribution is -0.150. The van der Waals surface area contributed by atoms with Gasteiger partial charge in [-0.25, -0.2) is 9.78 Å². The van der Waals surface area contributed by atoms with Crippen LogP contribution in [0.25, 0.3) is 0 Å². The van der Waals surface area contributed by atoms with Crippen LogP contribution < -0.4 is 11.1 Å². The number of thioether (sulfide) groups is 2. The molecular formula is C18H14IN5O5S3. The van der Waals surface area contributed by atoms with E-state index in [1.54, 1.807) is 0 Å². The Hall–Kier alpha value is -2.30. The SMILES string of the molecule is Nc1nc(/C(=N/O)C(=O)N[C@@H]2C(=O)N3C(C(=O)O)=C(Sc4ccccc4I)CS[C@@H]23)cs1. The molecule has 1 saturated heterocycles. The van der Waals surface area contributed by atoms with Crippen LogP contribution >= 0.6 is 57.5 Å². The van der Waals surface area contributed by atoms with Crippen LogP contribution in [0.15, 0.2) is 50.3 Å². The van der Waals surface area contributed by atoms with Crippen LogP contribution in [0.1, 0.15) is 5.69 Å². The van der Waals surface area contributed by atoms with Crippen molar-refractivity contribution in [2.24, 2.45) is 5.16 Å². The summed E-state index contributed by atoms with van der Waals surface area (Å²) in [5.41, 5.74) is 5.16. The van der Waals surface area contributed by atoms with E-state index in [2.05, 4.69) is 38.0 Å². The first-order chi connectivity index (χ1) is 15.3. The minimum absolute atomic E-state index is 0.0784. The molecule has 4 rings (SSSR count). The molecule has 0 bridgehead atoms. The minimum Gasteiger partial charge on any atom is -0.477 e. The van der Waals surface area contributed by atoms with Gasteiger partial charge < -0.3 is 21.4 Å². The fourth-order valence-electron chi connectivity index (χ4n) is 3.15. The monoisotopic (exact) mass is 603 g/mol. The van der Waals surface area contributed by atoms with Gasteiger partial charge >= 0.3 is 5.97 Å². The summed E-state index contributed by atoms with van der Waals surface area (Å²) in [6.45, 7) is 0. The van der Waals surface area contributed by atoms with Crippen molar-refractivity contribution >= 4 is 86.1 Å². The Balaban J connectivity index is 1.54. The molecule has 2 atom stereocenters. The van der Waals surface area contributed by atoms with E-state index in [1.807, 2.05) is 24.3 Å². The van der Waals surface area contributed by atoms with Crippen molar-refractivity contribution in [2.45, 2.75) is 16.3 Å². The number of halogens is 1. The lowest BCUT2D eigenvalue weighted by Crippen LogP contribution is -2.71. The molecule has 0 saturated carbocycles. The third-order valence-electron chi connectivity index (χ3n) is 4.57. The average Bonchev–Trinajstić information content (AvgIpc) is 3.19. The molecule has 1 aromatic heterocycles. The molecular weight excluding hydrogens is 589 g/mol. The van der Waals surface area contributed by atoms with Gasteiger partial charge in [-0.3, -0.25) is 14.5 Å². The quantitative estimate of drug-likeness (QED) is 0.127. The molecule has 5 N–H and O–H groups in total. The number of nitrogens with two attached hydrogens (primary N) is 1. The number of thiazole rings is 1. The van der Waals surface area contributed by atoms with Gasteiger partial charge in [0.25, 0.3) is 11.8 Å². The van der Waals surface area contributed by atoms with Crippen LogP contribution in [0.3, 0.4) is 0 Å². The molecule has 0 spiro atoms. The maximum atomic E-state index is 12.8. The summed E-state index contributed by atoms with van der Waals surface area (Å²) in [5.74, 6) is -2.21. The normalized spacial score (nSPS) is 20.6. The van der Waals surface area contributed by atoms with Gasteiger partial charge in [0.1, 0.15) is 22.8 Å². The smallest absolute Gasteiger partial charge is 0.353 e. The number of rotatable bonds is 6. The van der Waals surface area contributed by atoms with E-state index in [0.717, 1.165) is 19.8 Å². The number of fused-ring (bicyclic) bond motifs is 1. The number of amides is 2. The van der Waals surface area contributed by atoms with Gasteiger partial charge in [-0.1, -0.05) is 29.1 Å². The number of oxime groups is 1. The Labute approximate surface area is 207 Å². The molecule has 2 aliphatic rings. The van der Waals surface area contributed by atoms with E-state index in [0.29, 0.717) is 10.7 Å². The van der Waals surface area contributed by atoms with Gasteiger partial charge in [0.15, 0.2) is 10.8 Å². The lowest BCUT2D eigenvalue weighted by atomic mass is 10.0. The number of nitrogens with one attached hydrogen (secondary N) is 1. The molecule has 10 nitrogen and oxygen atoms in total. The zero-order chi connectivity index (χ0) is 23.0. The van der Waals surface area contributed by atoms with Crippen molar-refractivity contribution in [3.05, 3.63) is 49.5 Å². The van der Waals surface area contributed by atoms with E-state index in [4.69, 9.17) is 5.73 Å². The number of aliphatic carboxylic acids is 1. The van der Waals surface area contributed by atoms with E-state index in [9.17, 15) is 24.7 Å². The first kappa shape index (κ1) is 22.9. The topological polar surface area (TPSA) is 158 Å². The molecule has 1 aromatic carbocycles. The first-order valence-corrected chi connectivity index (χ1v) is 12.7. The van der Waals surface area contributed by atoms with Crippen molar-refractivity contribution in [2.75, 3.05) is 11.5 Å². The molecule has 0 aliphatic carbocycles. The summed E-state index contributed by atoms with van der Waals surface area (Å²) < 4.78 is 0.970. The predicted octanol–water partition coefficient (Wildman–Crippen LogP) is 2.00. The summed E-state index contributed by atoms with van der Waals surface area (Å²) in [6.07, 6.45) is 0. The van der Waals surface area contributed by atoms with E-state index in [-0.39, 0.29) is 22.2 Å². The number of carboxylic acids is 1. The van der Waals surface area contributed by atoms with Gasteiger partial charge in [-0.2, -0.15) is 0 Å². The lowest BCUT2D eigenvalue weighted by Gasteiger charge is -2.49. The largest absolute Gasteiger partial charge is 0.477 e. The number of benzene rings is 1. The second-order valence-corrected chi connectivity index (χ2v) is 10.8. The van der Waals surface area contributed by atoms with Crippen molar-refractivity contribution in [3.63, 3.8) is 0 Å². The average molecular weight is 603 g/mol. The molecule has 3 heterocycles. The highest BCUT2D eigenvalue weighted by atomic mass is 127. The van der Waals surface area contributed by atoms with Gasteiger partial charge in [-0.05, 0) is 34.7 Å². The fourth-order valence-corrected chi connectivity index (χ4v) is 6.91. The van der Waals surface area contributed by atoms with Gasteiger partial charge in [-0.15, -0.1) is 23.1 Å². The number of nitrogen functional groups attached to an aromatic ring is 1. The second kappa shape index (κ2) is 9.29. The van der Waals surface area contributed by atoms with Crippen LogP contribution in [0, 0.1) is 3.57 Å². The molecule has 0 radical (unpaired) electrons.